The minimum Gasteiger partial charge on any atom is -0.497 e. The maximum Gasteiger partial charge on any atom is 0.274 e. The van der Waals surface area contributed by atoms with Gasteiger partial charge >= 0.3 is 0 Å². The predicted molar refractivity (Wildman–Crippen MR) is 107 cm³/mol. The van der Waals surface area contributed by atoms with Crippen molar-refractivity contribution in [1.82, 2.24) is 9.97 Å². The van der Waals surface area contributed by atoms with Crippen molar-refractivity contribution in [1.29, 1.82) is 0 Å². The van der Waals surface area contributed by atoms with E-state index in [0.29, 0.717) is 29.6 Å². The van der Waals surface area contributed by atoms with E-state index in [9.17, 15) is 4.79 Å². The number of ether oxygens (including phenoxy) is 1. The highest BCUT2D eigenvalue weighted by molar-refractivity contribution is 6.03. The van der Waals surface area contributed by atoms with Gasteiger partial charge in [-0.3, -0.25) is 4.79 Å². The Kier molecular flexibility index (Phi) is 5.79. The zero-order valence-electron chi connectivity index (χ0n) is 15.0. The summed E-state index contributed by atoms with van der Waals surface area (Å²) in [4.78, 5) is 21.7. The number of rotatable bonds is 7. The lowest BCUT2D eigenvalue weighted by molar-refractivity contribution is 0.102. The molecule has 0 saturated heterocycles. The quantitative estimate of drug-likeness (QED) is 0.623. The molecule has 6 nitrogen and oxygen atoms in total. The first-order valence-corrected chi connectivity index (χ1v) is 8.44. The fourth-order valence-electron chi connectivity index (χ4n) is 2.44. The van der Waals surface area contributed by atoms with Crippen LogP contribution in [0.1, 0.15) is 10.5 Å². The Labute approximate surface area is 157 Å². The van der Waals surface area contributed by atoms with E-state index in [2.05, 4.69) is 27.2 Å². The second-order valence-corrected chi connectivity index (χ2v) is 5.68. The maximum atomic E-state index is 12.7. The fourth-order valence-corrected chi connectivity index (χ4v) is 2.44. The third kappa shape index (κ3) is 4.70. The van der Waals surface area contributed by atoms with Crippen molar-refractivity contribution in [2.24, 2.45) is 0 Å². The molecule has 0 bridgehead atoms. The Morgan fingerprint density at radius 3 is 2.67 bits per heavy atom. The van der Waals surface area contributed by atoms with Gasteiger partial charge in [-0.25, -0.2) is 9.97 Å². The van der Waals surface area contributed by atoms with Crippen molar-refractivity contribution < 1.29 is 9.53 Å². The normalized spacial score (nSPS) is 10.1. The third-order valence-electron chi connectivity index (χ3n) is 3.75. The molecule has 2 N–H and O–H groups in total. The Morgan fingerprint density at radius 2 is 1.93 bits per heavy atom. The van der Waals surface area contributed by atoms with Crippen molar-refractivity contribution in [3.63, 3.8) is 0 Å². The first-order valence-electron chi connectivity index (χ1n) is 8.44. The molecule has 3 rings (SSSR count). The highest BCUT2D eigenvalue weighted by Crippen LogP contribution is 2.20. The van der Waals surface area contributed by atoms with Gasteiger partial charge in [-0.15, -0.1) is 6.58 Å². The Morgan fingerprint density at radius 1 is 1.11 bits per heavy atom. The molecule has 1 heterocycles. The van der Waals surface area contributed by atoms with E-state index in [1.807, 2.05) is 36.4 Å². The second kappa shape index (κ2) is 8.62. The van der Waals surface area contributed by atoms with Crippen LogP contribution in [0.25, 0.3) is 11.4 Å². The van der Waals surface area contributed by atoms with Gasteiger partial charge in [0.15, 0.2) is 5.82 Å². The zero-order valence-corrected chi connectivity index (χ0v) is 15.0. The molecule has 0 fully saturated rings. The lowest BCUT2D eigenvalue weighted by Crippen LogP contribution is -2.15. The Bertz CT molecular complexity index is 942. The molecule has 3 aromatic rings. The van der Waals surface area contributed by atoms with Crippen molar-refractivity contribution in [2.75, 3.05) is 24.3 Å². The van der Waals surface area contributed by atoms with Gasteiger partial charge in [0, 0.05) is 29.9 Å². The number of anilines is 2. The molecule has 0 unspecified atom stereocenters. The van der Waals surface area contributed by atoms with Gasteiger partial charge < -0.3 is 15.4 Å². The van der Waals surface area contributed by atoms with Crippen LogP contribution < -0.4 is 15.4 Å². The molecule has 6 heteroatoms. The van der Waals surface area contributed by atoms with Gasteiger partial charge in [-0.05, 0) is 12.1 Å². The maximum absolute atomic E-state index is 12.7. The molecular weight excluding hydrogens is 340 g/mol. The van der Waals surface area contributed by atoms with Crippen LogP contribution in [-0.4, -0.2) is 29.5 Å². The number of methoxy groups -OCH3 is 1. The fraction of sp³-hybridized carbons (Fsp3) is 0.0952. The first kappa shape index (κ1) is 18.1. The monoisotopic (exact) mass is 360 g/mol. The SMILES string of the molecule is C=CCNc1cc(C(=O)Nc2cccc(OC)c2)nc(-c2ccccc2)n1. The third-order valence-corrected chi connectivity index (χ3v) is 3.75. The summed E-state index contributed by atoms with van der Waals surface area (Å²) >= 11 is 0. The van der Waals surface area contributed by atoms with E-state index in [-0.39, 0.29) is 11.6 Å². The lowest BCUT2D eigenvalue weighted by atomic mass is 10.2. The van der Waals surface area contributed by atoms with E-state index in [1.165, 1.54) is 0 Å². The number of benzene rings is 2. The summed E-state index contributed by atoms with van der Waals surface area (Å²) in [5.74, 6) is 1.36. The molecule has 0 radical (unpaired) electrons. The summed E-state index contributed by atoms with van der Waals surface area (Å²) in [6, 6.07) is 18.3. The molecule has 0 spiro atoms. The minimum atomic E-state index is -0.329. The number of nitrogens with zero attached hydrogens (tertiary/aromatic N) is 2. The van der Waals surface area contributed by atoms with Crippen LogP contribution in [0.3, 0.4) is 0 Å². The van der Waals surface area contributed by atoms with Crippen LogP contribution in [0.4, 0.5) is 11.5 Å². The average molecular weight is 360 g/mol. The Balaban J connectivity index is 1.92. The summed E-state index contributed by atoms with van der Waals surface area (Å²) in [5, 5.41) is 5.95. The summed E-state index contributed by atoms with van der Waals surface area (Å²) in [6.07, 6.45) is 1.72. The van der Waals surface area contributed by atoms with Gasteiger partial charge in [0.25, 0.3) is 5.91 Å². The summed E-state index contributed by atoms with van der Waals surface area (Å²) < 4.78 is 5.19. The first-order chi connectivity index (χ1) is 13.2. The molecule has 27 heavy (non-hydrogen) atoms. The van der Waals surface area contributed by atoms with Crippen molar-refractivity contribution in [2.45, 2.75) is 0 Å². The number of amides is 1. The smallest absolute Gasteiger partial charge is 0.274 e. The number of aromatic nitrogens is 2. The molecule has 0 aliphatic rings. The topological polar surface area (TPSA) is 76.1 Å². The number of hydrogen-bond donors (Lipinski definition) is 2. The molecule has 2 aromatic carbocycles. The molecule has 1 amide bonds. The van der Waals surface area contributed by atoms with E-state index < -0.39 is 0 Å². The minimum absolute atomic E-state index is 0.262. The van der Waals surface area contributed by atoms with Crippen LogP contribution in [0.2, 0.25) is 0 Å². The largest absolute Gasteiger partial charge is 0.497 e. The van der Waals surface area contributed by atoms with E-state index in [4.69, 9.17) is 4.74 Å². The summed E-state index contributed by atoms with van der Waals surface area (Å²) in [7, 11) is 1.58. The number of carbonyl (C=O) groups is 1. The number of carbonyl (C=O) groups excluding carboxylic acids is 1. The Hall–Kier alpha value is -3.67. The summed E-state index contributed by atoms with van der Waals surface area (Å²) in [5.41, 5.74) is 1.72. The average Bonchev–Trinajstić information content (AvgIpc) is 2.72. The standard InChI is InChI=1S/C21H20N4O2/c1-3-12-22-19-14-18(24-20(25-19)15-8-5-4-6-9-15)21(26)23-16-10-7-11-17(13-16)27-2/h3-11,13-14H,1,12H2,2H3,(H,23,26)(H,22,24,25). The van der Waals surface area contributed by atoms with E-state index in [1.54, 1.807) is 37.5 Å². The van der Waals surface area contributed by atoms with Gasteiger partial charge in [0.2, 0.25) is 0 Å². The van der Waals surface area contributed by atoms with Gasteiger partial charge in [0.1, 0.15) is 17.3 Å². The van der Waals surface area contributed by atoms with Gasteiger partial charge in [0.05, 0.1) is 7.11 Å². The molecule has 0 atom stereocenters. The number of hydrogen-bond acceptors (Lipinski definition) is 5. The molecule has 0 saturated carbocycles. The molecule has 0 aliphatic heterocycles. The lowest BCUT2D eigenvalue weighted by Gasteiger charge is -2.10. The zero-order chi connectivity index (χ0) is 19.1. The van der Waals surface area contributed by atoms with Gasteiger partial charge in [-0.1, -0.05) is 42.5 Å². The van der Waals surface area contributed by atoms with Crippen molar-refractivity contribution >= 4 is 17.4 Å². The second-order valence-electron chi connectivity index (χ2n) is 5.68. The van der Waals surface area contributed by atoms with Crippen LogP contribution in [-0.2, 0) is 0 Å². The van der Waals surface area contributed by atoms with E-state index >= 15 is 0 Å². The van der Waals surface area contributed by atoms with Crippen molar-refractivity contribution in [3.8, 4) is 17.1 Å². The predicted octanol–water partition coefficient (Wildman–Crippen LogP) is 4.00. The highest BCUT2D eigenvalue weighted by atomic mass is 16.5. The van der Waals surface area contributed by atoms with Crippen molar-refractivity contribution in [3.05, 3.63) is 79.0 Å². The molecule has 136 valence electrons. The van der Waals surface area contributed by atoms with Crippen LogP contribution in [0.5, 0.6) is 5.75 Å². The highest BCUT2D eigenvalue weighted by Gasteiger charge is 2.13. The molecular formula is C21H20N4O2. The van der Waals surface area contributed by atoms with Crippen LogP contribution in [0, 0.1) is 0 Å². The van der Waals surface area contributed by atoms with Crippen LogP contribution in [0.15, 0.2) is 73.3 Å². The van der Waals surface area contributed by atoms with Crippen LogP contribution >= 0.6 is 0 Å². The molecule has 1 aromatic heterocycles. The van der Waals surface area contributed by atoms with E-state index in [0.717, 1.165) is 5.56 Å². The summed E-state index contributed by atoms with van der Waals surface area (Å²) in [6.45, 7) is 4.22. The van der Waals surface area contributed by atoms with Gasteiger partial charge in [-0.2, -0.15) is 0 Å². The molecule has 0 aliphatic carbocycles. The number of nitrogens with one attached hydrogen (secondary N) is 2.